The van der Waals surface area contributed by atoms with Gasteiger partial charge in [0, 0.05) is 43.0 Å². The van der Waals surface area contributed by atoms with E-state index in [2.05, 4.69) is 31.9 Å². The molecule has 6 rings (SSSR count). The standard InChI is InChI=1S/C29H27FN8O2/c1-3-27(39)37-10-5-4-6-19(15-37)22-7-8-23-28(35-22)29(33-16-31-23)36-24-12-18(2)25(14-21(24)30)40-20-9-11-38-26(13-20)32-17-34-38/h3,7-9,11-14,16-17,19H,1,4-6,10,15H2,2H3,(H,31,33,36). The van der Waals surface area contributed by atoms with Crippen LogP contribution in [0.2, 0.25) is 0 Å². The van der Waals surface area contributed by atoms with Crippen molar-refractivity contribution < 1.29 is 13.9 Å². The van der Waals surface area contributed by atoms with Crippen molar-refractivity contribution in [1.82, 2.24) is 34.4 Å². The van der Waals surface area contributed by atoms with Crippen molar-refractivity contribution in [1.29, 1.82) is 0 Å². The van der Waals surface area contributed by atoms with Crippen LogP contribution in [0.4, 0.5) is 15.9 Å². The van der Waals surface area contributed by atoms with E-state index >= 15 is 4.39 Å². The molecular formula is C29H27FN8O2. The number of likely N-dealkylation sites (tertiary alicyclic amines) is 1. The molecule has 1 unspecified atom stereocenters. The zero-order valence-electron chi connectivity index (χ0n) is 21.9. The van der Waals surface area contributed by atoms with Gasteiger partial charge >= 0.3 is 0 Å². The molecule has 1 aliphatic rings. The number of hydrogen-bond donors (Lipinski definition) is 1. The first-order valence-electron chi connectivity index (χ1n) is 13.1. The smallest absolute Gasteiger partial charge is 0.245 e. The highest BCUT2D eigenvalue weighted by molar-refractivity contribution is 5.88. The average Bonchev–Trinajstić information content (AvgIpc) is 3.29. The Morgan fingerprint density at radius 2 is 2.05 bits per heavy atom. The first kappa shape index (κ1) is 25.4. The minimum absolute atomic E-state index is 0.0660. The van der Waals surface area contributed by atoms with Gasteiger partial charge in [-0.1, -0.05) is 13.0 Å². The summed E-state index contributed by atoms with van der Waals surface area (Å²) >= 11 is 0. The van der Waals surface area contributed by atoms with Crippen molar-refractivity contribution in [3.05, 3.63) is 85.0 Å². The predicted octanol–water partition coefficient (Wildman–Crippen LogP) is 5.33. The second-order valence-corrected chi connectivity index (χ2v) is 9.76. The second kappa shape index (κ2) is 10.7. The topological polar surface area (TPSA) is 110 Å². The van der Waals surface area contributed by atoms with Crippen LogP contribution in [0, 0.1) is 12.7 Å². The van der Waals surface area contributed by atoms with E-state index in [0.717, 1.165) is 30.5 Å². The fraction of sp³-hybridized carbons (Fsp3) is 0.241. The quantitative estimate of drug-likeness (QED) is 0.289. The zero-order chi connectivity index (χ0) is 27.6. The number of pyridine rings is 2. The molecule has 5 aromatic rings. The molecule has 5 heterocycles. The van der Waals surface area contributed by atoms with E-state index in [1.165, 1.54) is 24.8 Å². The normalized spacial score (nSPS) is 15.7. The minimum Gasteiger partial charge on any atom is -0.457 e. The molecule has 0 radical (unpaired) electrons. The summed E-state index contributed by atoms with van der Waals surface area (Å²) in [4.78, 5) is 31.9. The van der Waals surface area contributed by atoms with Crippen molar-refractivity contribution in [2.75, 3.05) is 18.4 Å². The maximum absolute atomic E-state index is 15.3. The van der Waals surface area contributed by atoms with Crippen LogP contribution in [-0.2, 0) is 4.79 Å². The fourth-order valence-corrected chi connectivity index (χ4v) is 4.97. The molecule has 0 saturated carbocycles. The lowest BCUT2D eigenvalue weighted by Gasteiger charge is -2.23. The van der Waals surface area contributed by atoms with Gasteiger partial charge in [0.25, 0.3) is 0 Å². The Morgan fingerprint density at radius 1 is 1.15 bits per heavy atom. The van der Waals surface area contributed by atoms with Gasteiger partial charge < -0.3 is 15.0 Å². The van der Waals surface area contributed by atoms with Crippen molar-refractivity contribution >= 4 is 34.1 Å². The van der Waals surface area contributed by atoms with Crippen molar-refractivity contribution in [3.8, 4) is 11.5 Å². The third kappa shape index (κ3) is 5.05. The van der Waals surface area contributed by atoms with Crippen LogP contribution < -0.4 is 10.1 Å². The van der Waals surface area contributed by atoms with Gasteiger partial charge in [-0.05, 0) is 55.7 Å². The predicted molar refractivity (Wildman–Crippen MR) is 148 cm³/mol. The van der Waals surface area contributed by atoms with Gasteiger partial charge in [0.15, 0.2) is 11.5 Å². The number of halogens is 1. The van der Waals surface area contributed by atoms with Gasteiger partial charge in [-0.15, -0.1) is 0 Å². The Morgan fingerprint density at radius 3 is 2.92 bits per heavy atom. The molecule has 1 aromatic carbocycles. The Kier molecular flexibility index (Phi) is 6.77. The molecule has 4 aromatic heterocycles. The third-order valence-electron chi connectivity index (χ3n) is 7.08. The van der Waals surface area contributed by atoms with Gasteiger partial charge in [-0.2, -0.15) is 5.10 Å². The lowest BCUT2D eigenvalue weighted by atomic mass is 9.98. The number of rotatable bonds is 6. The van der Waals surface area contributed by atoms with E-state index in [4.69, 9.17) is 9.72 Å². The van der Waals surface area contributed by atoms with Crippen molar-refractivity contribution in [2.24, 2.45) is 0 Å². The Balaban J connectivity index is 1.27. The van der Waals surface area contributed by atoms with E-state index in [1.807, 2.05) is 24.0 Å². The molecule has 202 valence electrons. The summed E-state index contributed by atoms with van der Waals surface area (Å²) in [6, 6.07) is 10.3. The van der Waals surface area contributed by atoms with Gasteiger partial charge in [-0.25, -0.2) is 28.8 Å². The molecule has 1 amide bonds. The molecule has 40 heavy (non-hydrogen) atoms. The number of anilines is 2. The first-order chi connectivity index (χ1) is 19.5. The lowest BCUT2D eigenvalue weighted by molar-refractivity contribution is -0.126. The number of ether oxygens (including phenoxy) is 1. The van der Waals surface area contributed by atoms with Gasteiger partial charge in [-0.3, -0.25) is 4.79 Å². The summed E-state index contributed by atoms with van der Waals surface area (Å²) in [6.45, 7) is 6.74. The largest absolute Gasteiger partial charge is 0.457 e. The number of nitrogens with one attached hydrogen (secondary N) is 1. The van der Waals surface area contributed by atoms with Crippen LogP contribution in [0.15, 0.2) is 67.9 Å². The third-order valence-corrected chi connectivity index (χ3v) is 7.08. The monoisotopic (exact) mass is 538 g/mol. The Labute approximate surface area is 229 Å². The molecule has 0 spiro atoms. The summed E-state index contributed by atoms with van der Waals surface area (Å²) < 4.78 is 22.9. The van der Waals surface area contributed by atoms with Crippen LogP contribution >= 0.6 is 0 Å². The van der Waals surface area contributed by atoms with E-state index in [-0.39, 0.29) is 17.5 Å². The molecular weight excluding hydrogens is 511 g/mol. The number of amides is 1. The van der Waals surface area contributed by atoms with Crippen LogP contribution in [-0.4, -0.2) is 53.4 Å². The molecule has 0 bridgehead atoms. The summed E-state index contributed by atoms with van der Waals surface area (Å²) in [5, 5.41) is 7.17. The maximum Gasteiger partial charge on any atom is 0.245 e. The molecule has 1 fully saturated rings. The van der Waals surface area contributed by atoms with Crippen LogP contribution in [0.1, 0.15) is 36.4 Å². The van der Waals surface area contributed by atoms with E-state index in [0.29, 0.717) is 47.1 Å². The molecule has 1 N–H and O–H groups in total. The number of fused-ring (bicyclic) bond motifs is 2. The number of benzene rings is 1. The highest BCUT2D eigenvalue weighted by Gasteiger charge is 2.23. The van der Waals surface area contributed by atoms with E-state index in [9.17, 15) is 4.79 Å². The first-order valence-corrected chi connectivity index (χ1v) is 13.1. The number of aromatic nitrogens is 6. The average molecular weight is 539 g/mol. The number of hydrogen-bond acceptors (Lipinski definition) is 8. The SMILES string of the molecule is C=CC(=O)N1CCCCC(c2ccc3ncnc(Nc4cc(C)c(Oc5ccn6ncnc6c5)cc4F)c3n2)C1. The molecule has 0 aliphatic carbocycles. The number of aryl methyl sites for hydroxylation is 1. The Bertz CT molecular complexity index is 1740. The number of carbonyl (C=O) groups is 1. The van der Waals surface area contributed by atoms with Crippen molar-refractivity contribution in [2.45, 2.75) is 32.1 Å². The minimum atomic E-state index is -0.505. The van der Waals surface area contributed by atoms with Gasteiger partial charge in [0.05, 0.1) is 11.2 Å². The summed E-state index contributed by atoms with van der Waals surface area (Å²) in [5.74, 6) is 0.783. The molecule has 1 atom stereocenters. The molecule has 1 saturated heterocycles. The van der Waals surface area contributed by atoms with Crippen molar-refractivity contribution in [3.63, 3.8) is 0 Å². The van der Waals surface area contributed by atoms with E-state index < -0.39 is 5.82 Å². The van der Waals surface area contributed by atoms with E-state index in [1.54, 1.807) is 28.9 Å². The summed E-state index contributed by atoms with van der Waals surface area (Å²) in [5.41, 5.74) is 3.60. The number of nitrogens with zero attached hydrogens (tertiary/aromatic N) is 7. The highest BCUT2D eigenvalue weighted by Crippen LogP contribution is 2.33. The Hall–Kier alpha value is -4.93. The molecule has 1 aliphatic heterocycles. The highest BCUT2D eigenvalue weighted by atomic mass is 19.1. The summed E-state index contributed by atoms with van der Waals surface area (Å²) in [7, 11) is 0. The van der Waals surface area contributed by atoms with Gasteiger partial charge in [0.1, 0.15) is 35.5 Å². The summed E-state index contributed by atoms with van der Waals surface area (Å²) in [6.07, 6.45) is 8.80. The van der Waals surface area contributed by atoms with Crippen LogP contribution in [0.25, 0.3) is 16.7 Å². The number of carbonyl (C=O) groups excluding carboxylic acids is 1. The fourth-order valence-electron chi connectivity index (χ4n) is 4.97. The molecule has 10 nitrogen and oxygen atoms in total. The van der Waals surface area contributed by atoms with Crippen LogP contribution in [0.5, 0.6) is 11.5 Å². The van der Waals surface area contributed by atoms with Gasteiger partial charge in [0.2, 0.25) is 5.91 Å². The van der Waals surface area contributed by atoms with Crippen LogP contribution in [0.3, 0.4) is 0 Å². The second-order valence-electron chi connectivity index (χ2n) is 9.76. The molecule has 11 heteroatoms. The maximum atomic E-state index is 15.3. The lowest BCUT2D eigenvalue weighted by Crippen LogP contribution is -2.32. The zero-order valence-corrected chi connectivity index (χ0v) is 21.9.